The van der Waals surface area contributed by atoms with Crippen molar-refractivity contribution in [1.82, 2.24) is 0 Å². The lowest BCUT2D eigenvalue weighted by Gasteiger charge is -2.26. The van der Waals surface area contributed by atoms with Gasteiger partial charge in [0.1, 0.15) is 28.7 Å². The average Bonchev–Trinajstić information content (AvgIpc) is 3.32. The number of hydrogen-bond acceptors (Lipinski definition) is 7. The highest BCUT2D eigenvalue weighted by atomic mass is 16.5. The normalized spacial score (nSPS) is 16.4. The zero-order chi connectivity index (χ0) is 28.3. The third-order valence-electron chi connectivity index (χ3n) is 7.27. The van der Waals surface area contributed by atoms with Gasteiger partial charge in [-0.2, -0.15) is 0 Å². The number of ether oxygens (including phenoxy) is 5. The van der Waals surface area contributed by atoms with Crippen molar-refractivity contribution in [2.24, 2.45) is 0 Å². The van der Waals surface area contributed by atoms with Gasteiger partial charge in [0.15, 0.2) is 5.76 Å². The first kappa shape index (κ1) is 26.2. The van der Waals surface area contributed by atoms with Gasteiger partial charge in [0, 0.05) is 17.9 Å². The number of Topliss-reactive ketones (excluding diaryl/α,β-unsaturated/α-hetero) is 1. The summed E-state index contributed by atoms with van der Waals surface area (Å²) < 4.78 is 28.3. The number of fused-ring (bicyclic) bond motifs is 3. The summed E-state index contributed by atoms with van der Waals surface area (Å²) in [6.45, 7) is 0.492. The van der Waals surface area contributed by atoms with Crippen LogP contribution in [0.5, 0.6) is 28.7 Å². The van der Waals surface area contributed by atoms with E-state index in [1.54, 1.807) is 32.4 Å². The molecule has 0 fully saturated rings. The van der Waals surface area contributed by atoms with Crippen LogP contribution < -0.4 is 23.7 Å². The first-order valence-corrected chi connectivity index (χ1v) is 13.3. The Balaban J connectivity index is 1.26. The van der Waals surface area contributed by atoms with Crippen LogP contribution in [0, 0.1) is 0 Å². The van der Waals surface area contributed by atoms with Crippen LogP contribution in [0.3, 0.4) is 0 Å². The lowest BCUT2D eigenvalue weighted by molar-refractivity contribution is -0.135. The van der Waals surface area contributed by atoms with Crippen molar-refractivity contribution in [3.05, 3.63) is 119 Å². The summed E-state index contributed by atoms with van der Waals surface area (Å²) in [5.74, 6) is 2.35. The van der Waals surface area contributed by atoms with Crippen molar-refractivity contribution in [2.45, 2.75) is 18.8 Å². The maximum absolute atomic E-state index is 13.3. The molecule has 4 aromatic rings. The van der Waals surface area contributed by atoms with E-state index in [0.29, 0.717) is 35.0 Å². The second kappa shape index (κ2) is 11.2. The van der Waals surface area contributed by atoms with Crippen LogP contribution in [-0.4, -0.2) is 32.6 Å². The van der Waals surface area contributed by atoms with E-state index in [4.69, 9.17) is 23.7 Å². The van der Waals surface area contributed by atoms with Crippen LogP contribution in [0.4, 0.5) is 0 Å². The number of benzene rings is 4. The second-order valence-electron chi connectivity index (χ2n) is 9.82. The highest BCUT2D eigenvalue weighted by Gasteiger charge is 2.38. The SMILES string of the molecule is COc1ccc(/C=C2\Oc3c(ccc4c3C(c3cccc(OCCc5ccc(OC)cc5)c3)CC(=O)O4)C2=O)cc1. The molecule has 0 saturated carbocycles. The smallest absolute Gasteiger partial charge is 0.312 e. The van der Waals surface area contributed by atoms with E-state index >= 15 is 0 Å². The number of ketones is 1. The molecule has 0 aromatic heterocycles. The number of carbonyl (C=O) groups is 2. The molecule has 2 aliphatic heterocycles. The first-order chi connectivity index (χ1) is 20.0. The quantitative estimate of drug-likeness (QED) is 0.144. The van der Waals surface area contributed by atoms with Gasteiger partial charge in [0.2, 0.25) is 5.78 Å². The van der Waals surface area contributed by atoms with Crippen LogP contribution in [0.25, 0.3) is 6.08 Å². The molecule has 0 saturated heterocycles. The third-order valence-corrected chi connectivity index (χ3v) is 7.27. The molecule has 0 N–H and O–H groups in total. The number of hydrogen-bond donors (Lipinski definition) is 0. The molecule has 0 radical (unpaired) electrons. The van der Waals surface area contributed by atoms with E-state index in [9.17, 15) is 9.59 Å². The highest BCUT2D eigenvalue weighted by molar-refractivity contribution is 6.15. The Labute approximate surface area is 237 Å². The molecule has 0 bridgehead atoms. The van der Waals surface area contributed by atoms with Gasteiger partial charge in [-0.3, -0.25) is 9.59 Å². The molecular formula is C34H28O7. The van der Waals surface area contributed by atoms with Gasteiger partial charge in [-0.05, 0) is 71.3 Å². The molecule has 6 rings (SSSR count). The zero-order valence-corrected chi connectivity index (χ0v) is 22.7. The molecule has 1 atom stereocenters. The van der Waals surface area contributed by atoms with Gasteiger partial charge in [-0.1, -0.05) is 36.4 Å². The standard InChI is InChI=1S/C34H28O7/c1-37-24-10-6-21(7-11-24)16-17-39-26-5-3-4-23(19-26)28-20-31(35)40-29-15-14-27-33(36)30(41-34(27)32(28)29)18-22-8-12-25(38-2)13-9-22/h3-15,18-19,28H,16-17,20H2,1-2H3/b30-18-. The summed E-state index contributed by atoms with van der Waals surface area (Å²) in [7, 11) is 3.25. The summed E-state index contributed by atoms with van der Waals surface area (Å²) in [5, 5.41) is 0. The van der Waals surface area contributed by atoms with Gasteiger partial charge in [0.05, 0.1) is 32.8 Å². The molecule has 206 valence electrons. The molecule has 41 heavy (non-hydrogen) atoms. The van der Waals surface area contributed by atoms with E-state index in [1.807, 2.05) is 72.8 Å². The van der Waals surface area contributed by atoms with Crippen molar-refractivity contribution in [3.8, 4) is 28.7 Å². The molecule has 0 aliphatic carbocycles. The lowest BCUT2D eigenvalue weighted by Crippen LogP contribution is -2.21. The summed E-state index contributed by atoms with van der Waals surface area (Å²) in [6.07, 6.45) is 2.56. The monoisotopic (exact) mass is 548 g/mol. The first-order valence-electron chi connectivity index (χ1n) is 13.3. The van der Waals surface area contributed by atoms with Crippen LogP contribution in [-0.2, 0) is 11.2 Å². The Hall–Kier alpha value is -5.04. The topological polar surface area (TPSA) is 80.3 Å². The minimum Gasteiger partial charge on any atom is -0.497 e. The molecular weight excluding hydrogens is 520 g/mol. The number of methoxy groups -OCH3 is 2. The summed E-state index contributed by atoms with van der Waals surface area (Å²) in [4.78, 5) is 25.9. The van der Waals surface area contributed by atoms with Crippen molar-refractivity contribution in [3.63, 3.8) is 0 Å². The van der Waals surface area contributed by atoms with Gasteiger partial charge in [-0.15, -0.1) is 0 Å². The predicted octanol–water partition coefficient (Wildman–Crippen LogP) is 6.38. The summed E-state index contributed by atoms with van der Waals surface area (Å²) >= 11 is 0. The molecule has 4 aromatic carbocycles. The van der Waals surface area contributed by atoms with Gasteiger partial charge in [0.25, 0.3) is 0 Å². The van der Waals surface area contributed by atoms with Crippen LogP contribution in [0.15, 0.2) is 90.7 Å². The number of esters is 1. The number of rotatable bonds is 8. The molecule has 0 spiro atoms. The van der Waals surface area contributed by atoms with Crippen molar-refractivity contribution in [1.29, 1.82) is 0 Å². The number of carbonyl (C=O) groups excluding carboxylic acids is 2. The van der Waals surface area contributed by atoms with Crippen LogP contribution in [0.2, 0.25) is 0 Å². The Morgan fingerprint density at radius 3 is 2.29 bits per heavy atom. The molecule has 7 nitrogen and oxygen atoms in total. The fourth-order valence-electron chi connectivity index (χ4n) is 5.14. The maximum Gasteiger partial charge on any atom is 0.312 e. The summed E-state index contributed by atoms with van der Waals surface area (Å²) in [6, 6.07) is 26.3. The van der Waals surface area contributed by atoms with E-state index < -0.39 is 0 Å². The van der Waals surface area contributed by atoms with E-state index in [1.165, 1.54) is 0 Å². The zero-order valence-electron chi connectivity index (χ0n) is 22.7. The van der Waals surface area contributed by atoms with Gasteiger partial charge in [-0.25, -0.2) is 0 Å². The molecule has 2 aliphatic rings. The minimum absolute atomic E-state index is 0.119. The average molecular weight is 549 g/mol. The Morgan fingerprint density at radius 2 is 1.56 bits per heavy atom. The summed E-state index contributed by atoms with van der Waals surface area (Å²) in [5.41, 5.74) is 3.95. The molecule has 2 heterocycles. The van der Waals surface area contributed by atoms with E-state index in [-0.39, 0.29) is 29.9 Å². The minimum atomic E-state index is -0.362. The van der Waals surface area contributed by atoms with Crippen molar-refractivity contribution in [2.75, 3.05) is 20.8 Å². The lowest BCUT2D eigenvalue weighted by atomic mass is 9.84. The van der Waals surface area contributed by atoms with Gasteiger partial charge < -0.3 is 23.7 Å². The van der Waals surface area contributed by atoms with Crippen molar-refractivity contribution < 1.29 is 33.3 Å². The highest BCUT2D eigenvalue weighted by Crippen LogP contribution is 2.49. The fraction of sp³-hybridized carbons (Fsp3) is 0.176. The van der Waals surface area contributed by atoms with E-state index in [0.717, 1.165) is 34.6 Å². The van der Waals surface area contributed by atoms with E-state index in [2.05, 4.69) is 0 Å². The third kappa shape index (κ3) is 5.39. The van der Waals surface area contributed by atoms with Crippen LogP contribution >= 0.6 is 0 Å². The Morgan fingerprint density at radius 1 is 0.829 bits per heavy atom. The van der Waals surface area contributed by atoms with Crippen molar-refractivity contribution >= 4 is 17.8 Å². The molecule has 7 heteroatoms. The fourth-order valence-corrected chi connectivity index (χ4v) is 5.14. The van der Waals surface area contributed by atoms with Crippen LogP contribution in [0.1, 0.15) is 45.0 Å². The Kier molecular flexibility index (Phi) is 7.17. The second-order valence-corrected chi connectivity index (χ2v) is 9.82. The van der Waals surface area contributed by atoms with Gasteiger partial charge >= 0.3 is 5.97 Å². The predicted molar refractivity (Wildman–Crippen MR) is 153 cm³/mol. The molecule has 0 amide bonds. The maximum atomic E-state index is 13.3. The Bertz CT molecular complexity index is 1640. The number of allylic oxidation sites excluding steroid dienone is 1. The molecule has 1 unspecified atom stereocenters. The largest absolute Gasteiger partial charge is 0.497 e.